The molecule has 1 rings (SSSR count). The van der Waals surface area contributed by atoms with Crippen molar-refractivity contribution in [3.63, 3.8) is 0 Å². The molecule has 0 saturated carbocycles. The summed E-state index contributed by atoms with van der Waals surface area (Å²) in [5.74, 6) is -0.464. The van der Waals surface area contributed by atoms with Crippen LogP contribution >= 0.6 is 7.82 Å². The monoisotopic (exact) mass is 286 g/mol. The highest BCUT2D eigenvalue weighted by molar-refractivity contribution is 7.46. The zero-order valence-corrected chi connectivity index (χ0v) is 11.3. The number of esters is 1. The predicted molar refractivity (Wildman–Crippen MR) is 68.7 cm³/mol. The van der Waals surface area contributed by atoms with Gasteiger partial charge in [-0.3, -0.25) is 9.79 Å². The molecule has 0 aliphatic carbocycles. The standard InChI is InChI=1S/C12H15O6P/c1-3-12(13)17-8-7-10-9(2)5-4-6-11(10)18-19(14,15)16/h3-6H,1,7-8H2,2H3,(H2,14,15,16). The second-order valence-electron chi connectivity index (χ2n) is 3.76. The van der Waals surface area contributed by atoms with Crippen molar-refractivity contribution in [1.29, 1.82) is 0 Å². The van der Waals surface area contributed by atoms with Gasteiger partial charge in [-0.2, -0.15) is 0 Å². The summed E-state index contributed by atoms with van der Waals surface area (Å²) in [6, 6.07) is 4.85. The highest BCUT2D eigenvalue weighted by Gasteiger charge is 2.19. The fourth-order valence-electron chi connectivity index (χ4n) is 1.52. The van der Waals surface area contributed by atoms with Crippen molar-refractivity contribution < 1.29 is 28.4 Å². The number of carbonyl (C=O) groups is 1. The topological polar surface area (TPSA) is 93.1 Å². The molecule has 0 aliphatic rings. The van der Waals surface area contributed by atoms with E-state index in [0.717, 1.165) is 11.6 Å². The molecule has 0 aromatic heterocycles. The molecule has 0 amide bonds. The molecule has 19 heavy (non-hydrogen) atoms. The Labute approximate surface area is 110 Å². The predicted octanol–water partition coefficient (Wildman–Crippen LogP) is 1.74. The molecular weight excluding hydrogens is 271 g/mol. The summed E-state index contributed by atoms with van der Waals surface area (Å²) in [7, 11) is -4.62. The molecule has 1 aromatic carbocycles. The van der Waals surface area contributed by atoms with Crippen molar-refractivity contribution in [2.24, 2.45) is 0 Å². The fraction of sp³-hybridized carbons (Fsp3) is 0.250. The SMILES string of the molecule is C=CC(=O)OCCc1c(C)cccc1OP(=O)(O)O. The maximum absolute atomic E-state index is 10.9. The van der Waals surface area contributed by atoms with E-state index < -0.39 is 13.8 Å². The summed E-state index contributed by atoms with van der Waals surface area (Å²) in [5, 5.41) is 0. The Morgan fingerprint density at radius 1 is 1.47 bits per heavy atom. The van der Waals surface area contributed by atoms with Gasteiger partial charge in [0.2, 0.25) is 0 Å². The van der Waals surface area contributed by atoms with Gasteiger partial charge in [0.1, 0.15) is 5.75 Å². The van der Waals surface area contributed by atoms with Crippen LogP contribution in [0.3, 0.4) is 0 Å². The summed E-state index contributed by atoms with van der Waals surface area (Å²) in [4.78, 5) is 28.6. The van der Waals surface area contributed by atoms with Crippen LogP contribution in [-0.2, 0) is 20.5 Å². The van der Waals surface area contributed by atoms with Gasteiger partial charge in [-0.25, -0.2) is 9.36 Å². The first-order chi connectivity index (χ1) is 8.83. The van der Waals surface area contributed by atoms with E-state index in [9.17, 15) is 9.36 Å². The summed E-state index contributed by atoms with van der Waals surface area (Å²) in [5.41, 5.74) is 1.38. The van der Waals surface area contributed by atoms with Crippen LogP contribution in [0.25, 0.3) is 0 Å². The van der Waals surface area contributed by atoms with E-state index >= 15 is 0 Å². The van der Waals surface area contributed by atoms with E-state index in [0.29, 0.717) is 12.0 Å². The number of ether oxygens (including phenoxy) is 1. The second-order valence-corrected chi connectivity index (χ2v) is 4.92. The molecular formula is C12H15O6P. The van der Waals surface area contributed by atoms with Crippen LogP contribution in [0.4, 0.5) is 0 Å². The van der Waals surface area contributed by atoms with Gasteiger partial charge in [-0.05, 0) is 18.6 Å². The average Bonchev–Trinajstić information content (AvgIpc) is 2.30. The Morgan fingerprint density at radius 3 is 2.74 bits per heavy atom. The summed E-state index contributed by atoms with van der Waals surface area (Å²) >= 11 is 0. The smallest absolute Gasteiger partial charge is 0.462 e. The summed E-state index contributed by atoms with van der Waals surface area (Å²) in [6.45, 7) is 5.12. The first-order valence-corrected chi connectivity index (χ1v) is 6.99. The maximum atomic E-state index is 10.9. The van der Waals surface area contributed by atoms with E-state index in [1.165, 1.54) is 6.07 Å². The molecule has 0 unspecified atom stereocenters. The van der Waals surface area contributed by atoms with Gasteiger partial charge < -0.3 is 9.26 Å². The van der Waals surface area contributed by atoms with Gasteiger partial charge in [0.05, 0.1) is 6.61 Å². The first kappa shape index (κ1) is 15.4. The van der Waals surface area contributed by atoms with E-state index in [1.54, 1.807) is 19.1 Å². The highest BCUT2D eigenvalue weighted by Crippen LogP contribution is 2.39. The van der Waals surface area contributed by atoms with Gasteiger partial charge >= 0.3 is 13.8 Å². The summed E-state index contributed by atoms with van der Waals surface area (Å²) < 4.78 is 20.3. The molecule has 0 spiro atoms. The van der Waals surface area contributed by atoms with Crippen LogP contribution in [0.2, 0.25) is 0 Å². The molecule has 7 heteroatoms. The quantitative estimate of drug-likeness (QED) is 0.470. The van der Waals surface area contributed by atoms with Crippen LogP contribution in [0.1, 0.15) is 11.1 Å². The summed E-state index contributed by atoms with van der Waals surface area (Å²) in [6.07, 6.45) is 1.34. The lowest BCUT2D eigenvalue weighted by molar-refractivity contribution is -0.137. The number of benzene rings is 1. The Hall–Kier alpha value is -1.62. The molecule has 0 atom stereocenters. The van der Waals surface area contributed by atoms with Crippen molar-refractivity contribution in [1.82, 2.24) is 0 Å². The van der Waals surface area contributed by atoms with Crippen LogP contribution in [0.5, 0.6) is 5.75 Å². The molecule has 2 N–H and O–H groups in total. The van der Waals surface area contributed by atoms with Crippen LogP contribution in [0.15, 0.2) is 30.9 Å². The Morgan fingerprint density at radius 2 is 2.16 bits per heavy atom. The number of phosphoric ester groups is 1. The Balaban J connectivity index is 2.83. The third-order valence-corrected chi connectivity index (χ3v) is 2.78. The Bertz CT molecular complexity index is 519. The van der Waals surface area contributed by atoms with Gasteiger partial charge in [-0.1, -0.05) is 18.7 Å². The first-order valence-electron chi connectivity index (χ1n) is 5.46. The Kier molecular flexibility index (Phi) is 5.30. The molecule has 0 saturated heterocycles. The third kappa shape index (κ3) is 5.26. The van der Waals surface area contributed by atoms with Crippen molar-refractivity contribution >= 4 is 13.8 Å². The molecule has 6 nitrogen and oxygen atoms in total. The van der Waals surface area contributed by atoms with Crippen molar-refractivity contribution in [2.45, 2.75) is 13.3 Å². The minimum absolute atomic E-state index is 0.0766. The van der Waals surface area contributed by atoms with E-state index in [-0.39, 0.29) is 12.4 Å². The van der Waals surface area contributed by atoms with Gasteiger partial charge in [0.25, 0.3) is 0 Å². The van der Waals surface area contributed by atoms with Crippen molar-refractivity contribution in [2.75, 3.05) is 6.61 Å². The number of hydrogen-bond acceptors (Lipinski definition) is 4. The van der Waals surface area contributed by atoms with E-state index in [2.05, 4.69) is 11.1 Å². The van der Waals surface area contributed by atoms with Crippen molar-refractivity contribution in [3.05, 3.63) is 42.0 Å². The number of hydrogen-bond donors (Lipinski definition) is 2. The number of carbonyl (C=O) groups excluding carboxylic acids is 1. The normalized spacial score (nSPS) is 10.9. The maximum Gasteiger partial charge on any atom is 0.524 e. The molecule has 0 heterocycles. The number of aryl methyl sites for hydroxylation is 1. The zero-order chi connectivity index (χ0) is 14.5. The highest BCUT2D eigenvalue weighted by atomic mass is 31.2. The number of rotatable bonds is 6. The minimum atomic E-state index is -4.62. The van der Waals surface area contributed by atoms with Gasteiger partial charge in [0, 0.05) is 18.1 Å². The molecule has 104 valence electrons. The molecule has 0 aliphatic heterocycles. The van der Waals surface area contributed by atoms with Crippen LogP contribution in [-0.4, -0.2) is 22.4 Å². The fourth-order valence-corrected chi connectivity index (χ4v) is 1.95. The lowest BCUT2D eigenvalue weighted by Crippen LogP contribution is -2.06. The average molecular weight is 286 g/mol. The molecule has 0 radical (unpaired) electrons. The molecule has 0 fully saturated rings. The zero-order valence-electron chi connectivity index (χ0n) is 10.4. The molecule has 1 aromatic rings. The number of phosphoric acid groups is 1. The minimum Gasteiger partial charge on any atom is -0.462 e. The van der Waals surface area contributed by atoms with E-state index in [4.69, 9.17) is 14.5 Å². The third-order valence-electron chi connectivity index (χ3n) is 2.35. The van der Waals surface area contributed by atoms with E-state index in [1.807, 2.05) is 0 Å². The van der Waals surface area contributed by atoms with Gasteiger partial charge in [-0.15, -0.1) is 0 Å². The second kappa shape index (κ2) is 6.52. The van der Waals surface area contributed by atoms with Gasteiger partial charge in [0.15, 0.2) is 0 Å². The molecule has 0 bridgehead atoms. The lowest BCUT2D eigenvalue weighted by Gasteiger charge is -2.14. The lowest BCUT2D eigenvalue weighted by atomic mass is 10.1. The van der Waals surface area contributed by atoms with Crippen LogP contribution < -0.4 is 4.52 Å². The van der Waals surface area contributed by atoms with Crippen molar-refractivity contribution in [3.8, 4) is 5.75 Å². The van der Waals surface area contributed by atoms with Crippen LogP contribution in [0, 0.1) is 6.92 Å². The largest absolute Gasteiger partial charge is 0.524 e.